The van der Waals surface area contributed by atoms with Crippen molar-refractivity contribution in [2.45, 2.75) is 25.9 Å². The SMILES string of the molecule is CC1CN(C(=O)c2ccc(Br)cc2O)C(C)CN1. The van der Waals surface area contributed by atoms with Gasteiger partial charge in [-0.1, -0.05) is 15.9 Å². The van der Waals surface area contributed by atoms with Crippen molar-refractivity contribution in [3.8, 4) is 5.75 Å². The van der Waals surface area contributed by atoms with Crippen molar-refractivity contribution < 1.29 is 9.90 Å². The van der Waals surface area contributed by atoms with Gasteiger partial charge in [0.05, 0.1) is 5.56 Å². The molecule has 18 heavy (non-hydrogen) atoms. The van der Waals surface area contributed by atoms with Gasteiger partial charge in [0.15, 0.2) is 0 Å². The van der Waals surface area contributed by atoms with Crippen LogP contribution >= 0.6 is 15.9 Å². The number of carbonyl (C=O) groups is 1. The van der Waals surface area contributed by atoms with Gasteiger partial charge in [-0.25, -0.2) is 0 Å². The lowest BCUT2D eigenvalue weighted by molar-refractivity contribution is 0.0613. The van der Waals surface area contributed by atoms with E-state index >= 15 is 0 Å². The van der Waals surface area contributed by atoms with Crippen LogP contribution < -0.4 is 5.32 Å². The summed E-state index contributed by atoms with van der Waals surface area (Å²) in [6.07, 6.45) is 0. The number of carbonyl (C=O) groups excluding carboxylic acids is 1. The normalized spacial score (nSPS) is 24.1. The van der Waals surface area contributed by atoms with Crippen LogP contribution in [-0.4, -0.2) is 41.1 Å². The number of nitrogens with zero attached hydrogens (tertiary/aromatic N) is 1. The smallest absolute Gasteiger partial charge is 0.257 e. The number of piperazine rings is 1. The van der Waals surface area contributed by atoms with Crippen molar-refractivity contribution in [1.82, 2.24) is 10.2 Å². The average molecular weight is 313 g/mol. The zero-order valence-corrected chi connectivity index (χ0v) is 12.1. The highest BCUT2D eigenvalue weighted by molar-refractivity contribution is 9.10. The van der Waals surface area contributed by atoms with Crippen molar-refractivity contribution in [3.05, 3.63) is 28.2 Å². The van der Waals surface area contributed by atoms with Crippen LogP contribution in [0.15, 0.2) is 22.7 Å². The first-order valence-electron chi connectivity index (χ1n) is 6.02. The molecule has 1 aromatic rings. The molecule has 4 nitrogen and oxygen atoms in total. The summed E-state index contributed by atoms with van der Waals surface area (Å²) in [4.78, 5) is 14.2. The molecule has 1 aliphatic rings. The number of benzene rings is 1. The molecule has 2 N–H and O–H groups in total. The van der Waals surface area contributed by atoms with Crippen LogP contribution in [0.5, 0.6) is 5.75 Å². The number of hydrogen-bond acceptors (Lipinski definition) is 3. The summed E-state index contributed by atoms with van der Waals surface area (Å²) in [6, 6.07) is 5.38. The van der Waals surface area contributed by atoms with Crippen LogP contribution in [0.3, 0.4) is 0 Å². The third-order valence-electron chi connectivity index (χ3n) is 3.22. The van der Waals surface area contributed by atoms with E-state index in [2.05, 4.69) is 21.2 Å². The molecule has 0 radical (unpaired) electrons. The fourth-order valence-electron chi connectivity index (χ4n) is 2.14. The molecule has 1 aliphatic heterocycles. The fourth-order valence-corrected chi connectivity index (χ4v) is 2.49. The Kier molecular flexibility index (Phi) is 3.92. The van der Waals surface area contributed by atoms with E-state index in [0.29, 0.717) is 12.1 Å². The highest BCUT2D eigenvalue weighted by Crippen LogP contribution is 2.24. The molecule has 0 bridgehead atoms. The Morgan fingerprint density at radius 2 is 2.22 bits per heavy atom. The minimum atomic E-state index is -0.110. The lowest BCUT2D eigenvalue weighted by Crippen LogP contribution is -2.56. The number of phenols is 1. The van der Waals surface area contributed by atoms with Gasteiger partial charge in [0.1, 0.15) is 5.75 Å². The lowest BCUT2D eigenvalue weighted by atomic mass is 10.1. The molecule has 2 unspecified atom stereocenters. The number of hydrogen-bond donors (Lipinski definition) is 2. The molecule has 1 heterocycles. The molecular weight excluding hydrogens is 296 g/mol. The largest absolute Gasteiger partial charge is 0.507 e. The summed E-state index contributed by atoms with van der Waals surface area (Å²) in [5, 5.41) is 13.2. The van der Waals surface area contributed by atoms with E-state index in [9.17, 15) is 9.90 Å². The van der Waals surface area contributed by atoms with Gasteiger partial charge in [0, 0.05) is 29.6 Å². The third kappa shape index (κ3) is 2.67. The number of amides is 1. The molecule has 0 aliphatic carbocycles. The maximum Gasteiger partial charge on any atom is 0.257 e. The highest BCUT2D eigenvalue weighted by Gasteiger charge is 2.28. The first-order valence-corrected chi connectivity index (χ1v) is 6.81. The zero-order valence-electron chi connectivity index (χ0n) is 10.5. The second kappa shape index (κ2) is 5.28. The average Bonchev–Trinajstić information content (AvgIpc) is 2.31. The molecule has 0 saturated carbocycles. The van der Waals surface area contributed by atoms with Crippen molar-refractivity contribution in [1.29, 1.82) is 0 Å². The van der Waals surface area contributed by atoms with Crippen molar-refractivity contribution in [3.63, 3.8) is 0 Å². The van der Waals surface area contributed by atoms with E-state index in [1.54, 1.807) is 18.2 Å². The molecule has 0 aromatic heterocycles. The van der Waals surface area contributed by atoms with Gasteiger partial charge in [0.25, 0.3) is 5.91 Å². The van der Waals surface area contributed by atoms with E-state index in [0.717, 1.165) is 11.0 Å². The van der Waals surface area contributed by atoms with Gasteiger partial charge in [-0.05, 0) is 32.0 Å². The first-order chi connectivity index (χ1) is 8.49. The molecule has 1 amide bonds. The standard InChI is InChI=1S/C13H17BrN2O2/c1-8-7-16(9(2)6-15-8)13(18)11-4-3-10(14)5-12(11)17/h3-5,8-9,15,17H,6-7H2,1-2H3. The summed E-state index contributed by atoms with van der Waals surface area (Å²) >= 11 is 3.27. The Morgan fingerprint density at radius 1 is 1.50 bits per heavy atom. The molecule has 5 heteroatoms. The van der Waals surface area contributed by atoms with E-state index in [1.807, 2.05) is 18.7 Å². The fraction of sp³-hybridized carbons (Fsp3) is 0.462. The Morgan fingerprint density at radius 3 is 2.89 bits per heavy atom. The summed E-state index contributed by atoms with van der Waals surface area (Å²) in [6.45, 7) is 5.50. The van der Waals surface area contributed by atoms with Crippen LogP contribution in [0.2, 0.25) is 0 Å². The van der Waals surface area contributed by atoms with E-state index in [4.69, 9.17) is 0 Å². The van der Waals surface area contributed by atoms with Gasteiger partial charge in [-0.3, -0.25) is 4.79 Å². The number of phenolic OH excluding ortho intramolecular Hbond substituents is 1. The van der Waals surface area contributed by atoms with Crippen LogP contribution in [0.1, 0.15) is 24.2 Å². The van der Waals surface area contributed by atoms with Crippen molar-refractivity contribution in [2.75, 3.05) is 13.1 Å². The molecule has 98 valence electrons. The summed E-state index contributed by atoms with van der Waals surface area (Å²) in [7, 11) is 0. The van der Waals surface area contributed by atoms with Crippen LogP contribution in [0, 0.1) is 0 Å². The number of rotatable bonds is 1. The van der Waals surface area contributed by atoms with Crippen LogP contribution in [0.25, 0.3) is 0 Å². The van der Waals surface area contributed by atoms with Crippen molar-refractivity contribution in [2.24, 2.45) is 0 Å². The molecule has 1 saturated heterocycles. The van der Waals surface area contributed by atoms with Gasteiger partial charge >= 0.3 is 0 Å². The maximum atomic E-state index is 12.4. The van der Waals surface area contributed by atoms with Gasteiger partial charge in [-0.15, -0.1) is 0 Å². The van der Waals surface area contributed by atoms with Gasteiger partial charge < -0.3 is 15.3 Å². The van der Waals surface area contributed by atoms with Gasteiger partial charge in [-0.2, -0.15) is 0 Å². The lowest BCUT2D eigenvalue weighted by Gasteiger charge is -2.37. The second-order valence-electron chi connectivity index (χ2n) is 4.78. The minimum absolute atomic E-state index is 0.0211. The molecule has 0 spiro atoms. The predicted octanol–water partition coefficient (Wildman–Crippen LogP) is 1.98. The van der Waals surface area contributed by atoms with Crippen LogP contribution in [-0.2, 0) is 0 Å². The van der Waals surface area contributed by atoms with E-state index in [-0.39, 0.29) is 23.7 Å². The molecule has 1 aromatic carbocycles. The monoisotopic (exact) mass is 312 g/mol. The van der Waals surface area contributed by atoms with Gasteiger partial charge in [0.2, 0.25) is 0 Å². The summed E-state index contributed by atoms with van der Waals surface area (Å²) in [5.74, 6) is -0.0892. The Balaban J connectivity index is 2.24. The number of halogens is 1. The predicted molar refractivity (Wildman–Crippen MR) is 73.8 cm³/mol. The number of nitrogens with one attached hydrogen (secondary N) is 1. The molecule has 2 rings (SSSR count). The third-order valence-corrected chi connectivity index (χ3v) is 3.71. The van der Waals surface area contributed by atoms with E-state index < -0.39 is 0 Å². The summed E-state index contributed by atoms with van der Waals surface area (Å²) in [5.41, 5.74) is 0.360. The molecular formula is C13H17BrN2O2. The number of aromatic hydroxyl groups is 1. The second-order valence-corrected chi connectivity index (χ2v) is 5.69. The van der Waals surface area contributed by atoms with Crippen LogP contribution in [0.4, 0.5) is 0 Å². The van der Waals surface area contributed by atoms with E-state index in [1.165, 1.54) is 0 Å². The first kappa shape index (κ1) is 13.4. The molecule has 1 fully saturated rings. The highest BCUT2D eigenvalue weighted by atomic mass is 79.9. The minimum Gasteiger partial charge on any atom is -0.507 e. The van der Waals surface area contributed by atoms with Crippen molar-refractivity contribution >= 4 is 21.8 Å². The summed E-state index contributed by atoms with van der Waals surface area (Å²) < 4.78 is 0.762. The zero-order chi connectivity index (χ0) is 13.3. The Hall–Kier alpha value is -1.07. The maximum absolute atomic E-state index is 12.4. The molecule has 2 atom stereocenters. The Bertz CT molecular complexity index is 464. The topological polar surface area (TPSA) is 52.6 Å². The Labute approximate surface area is 115 Å². The quantitative estimate of drug-likeness (QED) is 0.833.